The molecule has 0 heterocycles. The number of benzene rings is 1. The Morgan fingerprint density at radius 1 is 1.24 bits per heavy atom. The average Bonchev–Trinajstić information content (AvgIpc) is 2.29. The van der Waals surface area contributed by atoms with Crippen LogP contribution in [-0.2, 0) is 11.3 Å². The van der Waals surface area contributed by atoms with E-state index in [2.05, 4.69) is 15.6 Å². The maximum Gasteiger partial charge on any atom is 0.423 e. The Morgan fingerprint density at radius 3 is 2.59 bits per heavy atom. The molecule has 1 aromatic rings. The molecule has 1 aromatic carbocycles. The number of amides is 1. The Labute approximate surface area is 96.0 Å². The van der Waals surface area contributed by atoms with Gasteiger partial charge in [0.15, 0.2) is 18.3 Å². The van der Waals surface area contributed by atoms with Crippen LogP contribution in [0.5, 0.6) is 17.2 Å². The second kappa shape index (κ2) is 5.77. The molecule has 0 aromatic heterocycles. The number of ether oxygens (including phenoxy) is 1. The highest BCUT2D eigenvalue weighted by Gasteiger charge is 2.10. The minimum Gasteiger partial charge on any atom is -0.504 e. The molecule has 0 saturated carbocycles. The number of aliphatic hydroxyl groups excluding tert-OH is 1. The van der Waals surface area contributed by atoms with E-state index in [0.717, 1.165) is 0 Å². The fourth-order valence-corrected chi connectivity index (χ4v) is 1.06. The lowest BCUT2D eigenvalue weighted by atomic mass is 10.2. The zero-order chi connectivity index (χ0) is 12.8. The first-order chi connectivity index (χ1) is 8.06. The maximum atomic E-state index is 10.7. The standard InChI is InChI=1S/C9H12N2O6/c12-4-17-9(16)11-10-3-5-1-2-6(13)8(15)7(5)14/h1-2,10,12-15H,3-4H2,(H,11,16). The first-order valence-corrected chi connectivity index (χ1v) is 4.55. The number of carbonyl (C=O) groups excluding carboxylic acids is 1. The van der Waals surface area contributed by atoms with Crippen molar-refractivity contribution >= 4 is 6.09 Å². The van der Waals surface area contributed by atoms with E-state index in [1.165, 1.54) is 12.1 Å². The van der Waals surface area contributed by atoms with Crippen molar-refractivity contribution in [2.24, 2.45) is 0 Å². The molecule has 0 bridgehead atoms. The van der Waals surface area contributed by atoms with Crippen LogP contribution in [0, 0.1) is 0 Å². The summed E-state index contributed by atoms with van der Waals surface area (Å²) < 4.78 is 4.14. The third-order valence-electron chi connectivity index (χ3n) is 1.88. The van der Waals surface area contributed by atoms with E-state index in [1.807, 2.05) is 0 Å². The summed E-state index contributed by atoms with van der Waals surface area (Å²) in [5, 5.41) is 35.9. The van der Waals surface area contributed by atoms with Gasteiger partial charge in [0.05, 0.1) is 0 Å². The summed E-state index contributed by atoms with van der Waals surface area (Å²) >= 11 is 0. The fraction of sp³-hybridized carbons (Fsp3) is 0.222. The van der Waals surface area contributed by atoms with Gasteiger partial charge in [-0.3, -0.25) is 5.43 Å². The quantitative estimate of drug-likeness (QED) is 0.239. The van der Waals surface area contributed by atoms with Crippen LogP contribution in [0.3, 0.4) is 0 Å². The van der Waals surface area contributed by atoms with Crippen LogP contribution < -0.4 is 10.9 Å². The zero-order valence-electron chi connectivity index (χ0n) is 8.67. The largest absolute Gasteiger partial charge is 0.504 e. The van der Waals surface area contributed by atoms with Gasteiger partial charge in [-0.1, -0.05) is 6.07 Å². The summed E-state index contributed by atoms with van der Waals surface area (Å²) in [5.41, 5.74) is 4.71. The number of nitrogens with one attached hydrogen (secondary N) is 2. The summed E-state index contributed by atoms with van der Waals surface area (Å²) in [5.74, 6) is -1.57. The Morgan fingerprint density at radius 2 is 1.94 bits per heavy atom. The van der Waals surface area contributed by atoms with Crippen LogP contribution in [0.2, 0.25) is 0 Å². The fourth-order valence-electron chi connectivity index (χ4n) is 1.06. The van der Waals surface area contributed by atoms with Crippen LogP contribution in [0.4, 0.5) is 4.79 Å². The Kier molecular flexibility index (Phi) is 4.37. The van der Waals surface area contributed by atoms with E-state index < -0.39 is 30.1 Å². The molecular formula is C9H12N2O6. The van der Waals surface area contributed by atoms with Gasteiger partial charge in [-0.15, -0.1) is 0 Å². The van der Waals surface area contributed by atoms with Crippen molar-refractivity contribution in [1.29, 1.82) is 0 Å². The molecule has 8 nitrogen and oxygen atoms in total. The normalized spacial score (nSPS) is 9.94. The molecule has 0 spiro atoms. The third-order valence-corrected chi connectivity index (χ3v) is 1.88. The lowest BCUT2D eigenvalue weighted by molar-refractivity contribution is 0.0420. The molecule has 8 heteroatoms. The van der Waals surface area contributed by atoms with Gasteiger partial charge in [-0.2, -0.15) is 0 Å². The number of aliphatic hydroxyl groups is 1. The summed E-state index contributed by atoms with van der Waals surface area (Å²) in [6.07, 6.45) is -0.894. The molecule has 0 aliphatic rings. The van der Waals surface area contributed by atoms with Crippen molar-refractivity contribution in [3.05, 3.63) is 17.7 Å². The van der Waals surface area contributed by atoms with Crippen molar-refractivity contribution in [3.8, 4) is 17.2 Å². The van der Waals surface area contributed by atoms with Crippen LogP contribution >= 0.6 is 0 Å². The molecule has 0 unspecified atom stereocenters. The summed E-state index contributed by atoms with van der Waals surface area (Å²) in [7, 11) is 0. The number of hydrogen-bond acceptors (Lipinski definition) is 7. The lowest BCUT2D eigenvalue weighted by Crippen LogP contribution is -2.37. The summed E-state index contributed by atoms with van der Waals surface area (Å²) in [6.45, 7) is -0.765. The second-order valence-electron chi connectivity index (χ2n) is 2.98. The van der Waals surface area contributed by atoms with Gasteiger partial charge in [-0.05, 0) is 6.07 Å². The first-order valence-electron chi connectivity index (χ1n) is 4.55. The molecule has 1 amide bonds. The molecule has 0 atom stereocenters. The zero-order valence-corrected chi connectivity index (χ0v) is 8.67. The highest BCUT2D eigenvalue weighted by atomic mass is 16.6. The van der Waals surface area contributed by atoms with Crippen molar-refractivity contribution in [1.82, 2.24) is 10.9 Å². The van der Waals surface area contributed by atoms with Crippen molar-refractivity contribution in [2.75, 3.05) is 6.79 Å². The number of phenolic OH excluding ortho intramolecular Hbond substituents is 3. The van der Waals surface area contributed by atoms with Gasteiger partial charge >= 0.3 is 6.09 Å². The van der Waals surface area contributed by atoms with Crippen LogP contribution in [0.15, 0.2) is 12.1 Å². The molecule has 1 rings (SSSR count). The van der Waals surface area contributed by atoms with Gasteiger partial charge in [-0.25, -0.2) is 10.2 Å². The molecule has 0 fully saturated rings. The summed E-state index contributed by atoms with van der Waals surface area (Å²) in [6, 6.07) is 2.55. The van der Waals surface area contributed by atoms with E-state index >= 15 is 0 Å². The molecule has 0 aliphatic heterocycles. The number of phenols is 3. The minimum absolute atomic E-state index is 0.0137. The smallest absolute Gasteiger partial charge is 0.423 e. The van der Waals surface area contributed by atoms with Gasteiger partial charge in [0.2, 0.25) is 5.75 Å². The van der Waals surface area contributed by atoms with Crippen molar-refractivity contribution in [3.63, 3.8) is 0 Å². The highest BCUT2D eigenvalue weighted by Crippen LogP contribution is 2.36. The predicted octanol–water partition coefficient (Wildman–Crippen LogP) is -0.516. The molecule has 94 valence electrons. The SMILES string of the molecule is O=C(NNCc1ccc(O)c(O)c1O)OCO. The molecule has 17 heavy (non-hydrogen) atoms. The molecule has 0 saturated heterocycles. The minimum atomic E-state index is -0.894. The van der Waals surface area contributed by atoms with E-state index in [9.17, 15) is 15.0 Å². The van der Waals surface area contributed by atoms with Crippen molar-refractivity contribution < 1.29 is 30.0 Å². The Balaban J connectivity index is 2.53. The molecular weight excluding hydrogens is 232 g/mol. The van der Waals surface area contributed by atoms with E-state index in [4.69, 9.17) is 10.2 Å². The van der Waals surface area contributed by atoms with Crippen LogP contribution in [-0.4, -0.2) is 33.3 Å². The van der Waals surface area contributed by atoms with E-state index in [0.29, 0.717) is 0 Å². The highest BCUT2D eigenvalue weighted by molar-refractivity contribution is 5.66. The number of rotatable bonds is 4. The van der Waals surface area contributed by atoms with Crippen LogP contribution in [0.1, 0.15) is 5.56 Å². The third kappa shape index (κ3) is 3.40. The maximum absolute atomic E-state index is 10.7. The summed E-state index contributed by atoms with van der Waals surface area (Å²) in [4.78, 5) is 10.7. The van der Waals surface area contributed by atoms with Gasteiger partial charge in [0.1, 0.15) is 0 Å². The van der Waals surface area contributed by atoms with E-state index in [1.54, 1.807) is 0 Å². The van der Waals surface area contributed by atoms with E-state index in [-0.39, 0.29) is 12.1 Å². The van der Waals surface area contributed by atoms with Gasteiger partial charge in [0, 0.05) is 12.1 Å². The van der Waals surface area contributed by atoms with Crippen molar-refractivity contribution in [2.45, 2.75) is 6.54 Å². The lowest BCUT2D eigenvalue weighted by Gasteiger charge is -2.09. The van der Waals surface area contributed by atoms with Crippen LogP contribution in [0.25, 0.3) is 0 Å². The predicted molar refractivity (Wildman–Crippen MR) is 55.0 cm³/mol. The number of carbonyl (C=O) groups is 1. The van der Waals surface area contributed by atoms with Gasteiger partial charge in [0.25, 0.3) is 0 Å². The average molecular weight is 244 g/mol. The number of aromatic hydroxyl groups is 3. The molecule has 0 aliphatic carbocycles. The number of hydrogen-bond donors (Lipinski definition) is 6. The molecule has 6 N–H and O–H groups in total. The number of hydrazine groups is 1. The Hall–Kier alpha value is -2.19. The molecule has 0 radical (unpaired) electrons. The Bertz CT molecular complexity index is 409. The van der Waals surface area contributed by atoms with Gasteiger partial charge < -0.3 is 25.2 Å². The second-order valence-corrected chi connectivity index (χ2v) is 2.98. The first kappa shape index (κ1) is 12.9. The monoisotopic (exact) mass is 244 g/mol. The topological polar surface area (TPSA) is 131 Å².